The first-order valence-electron chi connectivity index (χ1n) is 7.49. The fourth-order valence-corrected chi connectivity index (χ4v) is 3.15. The van der Waals surface area contributed by atoms with Crippen molar-refractivity contribution in [3.05, 3.63) is 34.7 Å². The Morgan fingerprint density at radius 2 is 2.29 bits per heavy atom. The third kappa shape index (κ3) is 2.29. The number of hydrogen-bond donors (Lipinski definition) is 3. The maximum Gasteiger partial charge on any atom is 0.439 e. The molecule has 24 heavy (non-hydrogen) atoms. The summed E-state index contributed by atoms with van der Waals surface area (Å²) in [7, 11) is 0. The number of rotatable bonds is 3. The Hall–Kier alpha value is -2.65. The molecule has 3 N–H and O–H groups in total. The molecule has 8 nitrogen and oxygen atoms in total. The van der Waals surface area contributed by atoms with E-state index in [-0.39, 0.29) is 12.6 Å². The van der Waals surface area contributed by atoms with Crippen LogP contribution in [0.15, 0.2) is 27.6 Å². The van der Waals surface area contributed by atoms with Gasteiger partial charge in [0.05, 0.1) is 17.3 Å². The quantitative estimate of drug-likeness (QED) is 0.649. The van der Waals surface area contributed by atoms with E-state index in [0.717, 1.165) is 0 Å². The summed E-state index contributed by atoms with van der Waals surface area (Å²) in [6.45, 7) is 0.569. The van der Waals surface area contributed by atoms with Gasteiger partial charge in [0.2, 0.25) is 0 Å². The molecular formula is C15H15FN4O4. The Kier molecular flexibility index (Phi) is 3.39. The summed E-state index contributed by atoms with van der Waals surface area (Å²) in [6.07, 6.45) is 1.67. The molecule has 1 aliphatic rings. The van der Waals surface area contributed by atoms with Crippen LogP contribution in [-0.4, -0.2) is 44.1 Å². The molecule has 1 aromatic carbocycles. The maximum atomic E-state index is 14.5. The zero-order valence-electron chi connectivity index (χ0n) is 12.6. The second kappa shape index (κ2) is 5.46. The molecule has 1 atom stereocenters. The molecule has 0 radical (unpaired) electrons. The van der Waals surface area contributed by atoms with E-state index in [1.807, 2.05) is 0 Å². The van der Waals surface area contributed by atoms with Gasteiger partial charge in [-0.25, -0.2) is 9.18 Å². The topological polar surface area (TPSA) is 108 Å². The summed E-state index contributed by atoms with van der Waals surface area (Å²) in [5.74, 6) is -0.930. The molecule has 0 bridgehead atoms. The van der Waals surface area contributed by atoms with E-state index in [9.17, 15) is 19.4 Å². The average molecular weight is 334 g/mol. The van der Waals surface area contributed by atoms with Crippen molar-refractivity contribution in [3.63, 3.8) is 0 Å². The normalized spacial score (nSPS) is 18.0. The van der Waals surface area contributed by atoms with E-state index in [2.05, 4.69) is 14.7 Å². The van der Waals surface area contributed by atoms with Gasteiger partial charge in [-0.3, -0.25) is 9.51 Å². The lowest BCUT2D eigenvalue weighted by molar-refractivity contribution is 0.198. The maximum absolute atomic E-state index is 14.5. The number of β-amino-alcohol motifs (C(OH)–C–C–N with tert-alkyl or cyclic N) is 1. The van der Waals surface area contributed by atoms with Crippen LogP contribution in [0.1, 0.15) is 6.42 Å². The Morgan fingerprint density at radius 1 is 1.46 bits per heavy atom. The number of aliphatic hydroxyl groups excluding tert-OH is 2. The monoisotopic (exact) mass is 334 g/mol. The number of benzene rings is 1. The van der Waals surface area contributed by atoms with Gasteiger partial charge in [0, 0.05) is 36.3 Å². The molecule has 0 unspecified atom stereocenters. The van der Waals surface area contributed by atoms with Gasteiger partial charge < -0.3 is 19.7 Å². The van der Waals surface area contributed by atoms with Crippen LogP contribution in [0.25, 0.3) is 22.3 Å². The smallest absolute Gasteiger partial charge is 0.391 e. The molecule has 4 rings (SSSR count). The van der Waals surface area contributed by atoms with Crippen LogP contribution in [0.5, 0.6) is 0 Å². The summed E-state index contributed by atoms with van der Waals surface area (Å²) >= 11 is 0. The number of aliphatic hydroxyl groups is 2. The fourth-order valence-electron chi connectivity index (χ4n) is 3.15. The third-order valence-corrected chi connectivity index (χ3v) is 4.30. The molecule has 0 spiro atoms. The van der Waals surface area contributed by atoms with Gasteiger partial charge in [0.25, 0.3) is 0 Å². The average Bonchev–Trinajstić information content (AvgIpc) is 3.25. The van der Waals surface area contributed by atoms with Crippen LogP contribution in [0.2, 0.25) is 0 Å². The Bertz CT molecular complexity index is 960. The summed E-state index contributed by atoms with van der Waals surface area (Å²) in [4.78, 5) is 15.4. The molecule has 3 aromatic rings. The van der Waals surface area contributed by atoms with Gasteiger partial charge in [-0.2, -0.15) is 0 Å². The minimum Gasteiger partial charge on any atom is -0.391 e. The van der Waals surface area contributed by atoms with Gasteiger partial charge in [-0.15, -0.1) is 0 Å². The predicted octanol–water partition coefficient (Wildman–Crippen LogP) is 0.645. The standard InChI is InChI=1S/C15H15FN4O4/c16-11-4-12-9(3-13(11)19-2-1-8(22)5-19)10(6-20(12)7-21)14-17-15(23)24-18-14/h3-4,6,8,21-22H,1-2,5,7H2,(H,17,18,23)/t8-/m0/s1. The van der Waals surface area contributed by atoms with Crippen molar-refractivity contribution in [1.82, 2.24) is 14.7 Å². The SMILES string of the molecule is O=c1[nH]c(-c2cn(CO)c3cc(F)c(N4CC[C@H](O)C4)cc23)no1. The van der Waals surface area contributed by atoms with E-state index < -0.39 is 17.7 Å². The highest BCUT2D eigenvalue weighted by molar-refractivity contribution is 5.96. The van der Waals surface area contributed by atoms with Crippen molar-refractivity contribution in [2.24, 2.45) is 0 Å². The van der Waals surface area contributed by atoms with E-state index in [4.69, 9.17) is 0 Å². The van der Waals surface area contributed by atoms with Gasteiger partial charge in [-0.1, -0.05) is 5.16 Å². The largest absolute Gasteiger partial charge is 0.439 e. The van der Waals surface area contributed by atoms with Crippen LogP contribution in [0.4, 0.5) is 10.1 Å². The van der Waals surface area contributed by atoms with Crippen molar-refractivity contribution in [2.75, 3.05) is 18.0 Å². The minimum atomic E-state index is -0.695. The lowest BCUT2D eigenvalue weighted by Gasteiger charge is -2.19. The van der Waals surface area contributed by atoms with Crippen molar-refractivity contribution < 1.29 is 19.1 Å². The van der Waals surface area contributed by atoms with Crippen molar-refractivity contribution in [1.29, 1.82) is 0 Å². The number of fused-ring (bicyclic) bond motifs is 1. The van der Waals surface area contributed by atoms with E-state index in [1.54, 1.807) is 17.2 Å². The number of hydrogen-bond acceptors (Lipinski definition) is 6. The van der Waals surface area contributed by atoms with Crippen LogP contribution < -0.4 is 10.7 Å². The Balaban J connectivity index is 1.92. The Morgan fingerprint density at radius 3 is 2.92 bits per heavy atom. The first-order chi connectivity index (χ1) is 11.6. The number of nitrogens with one attached hydrogen (secondary N) is 1. The number of anilines is 1. The second-order valence-electron chi connectivity index (χ2n) is 5.81. The molecule has 0 saturated carbocycles. The molecule has 2 aromatic heterocycles. The number of nitrogens with zero attached hydrogens (tertiary/aromatic N) is 3. The van der Waals surface area contributed by atoms with Gasteiger partial charge in [0.1, 0.15) is 12.5 Å². The summed E-state index contributed by atoms with van der Waals surface area (Å²) in [6, 6.07) is 2.96. The zero-order chi connectivity index (χ0) is 16.8. The lowest BCUT2D eigenvalue weighted by atomic mass is 10.1. The van der Waals surface area contributed by atoms with E-state index in [0.29, 0.717) is 41.7 Å². The number of halogens is 1. The number of H-pyrrole nitrogens is 1. The highest BCUT2D eigenvalue weighted by Gasteiger charge is 2.24. The zero-order valence-corrected chi connectivity index (χ0v) is 12.6. The van der Waals surface area contributed by atoms with Gasteiger partial charge in [-0.05, 0) is 12.5 Å². The van der Waals surface area contributed by atoms with E-state index in [1.165, 1.54) is 10.6 Å². The number of aromatic nitrogens is 3. The molecule has 1 aliphatic heterocycles. The summed E-state index contributed by atoms with van der Waals surface area (Å²) in [5.41, 5.74) is 1.35. The lowest BCUT2D eigenvalue weighted by Crippen LogP contribution is -2.22. The Labute approximate surface area is 134 Å². The molecule has 3 heterocycles. The predicted molar refractivity (Wildman–Crippen MR) is 83.1 cm³/mol. The first-order valence-corrected chi connectivity index (χ1v) is 7.49. The van der Waals surface area contributed by atoms with Crippen molar-refractivity contribution in [2.45, 2.75) is 19.3 Å². The van der Waals surface area contributed by atoms with Gasteiger partial charge in [0.15, 0.2) is 5.82 Å². The van der Waals surface area contributed by atoms with Crippen LogP contribution >= 0.6 is 0 Å². The third-order valence-electron chi connectivity index (χ3n) is 4.30. The molecule has 9 heteroatoms. The molecule has 0 amide bonds. The highest BCUT2D eigenvalue weighted by atomic mass is 19.1. The van der Waals surface area contributed by atoms with Gasteiger partial charge >= 0.3 is 5.76 Å². The fraction of sp³-hybridized carbons (Fsp3) is 0.333. The van der Waals surface area contributed by atoms with Crippen LogP contribution in [-0.2, 0) is 6.73 Å². The first kappa shape index (κ1) is 14.9. The molecule has 0 aliphatic carbocycles. The van der Waals surface area contributed by atoms with Crippen molar-refractivity contribution in [3.8, 4) is 11.4 Å². The minimum absolute atomic E-state index is 0.205. The molecule has 126 valence electrons. The van der Waals surface area contributed by atoms with Crippen LogP contribution in [0, 0.1) is 5.82 Å². The summed E-state index contributed by atoms with van der Waals surface area (Å²) in [5, 5.41) is 23.4. The van der Waals surface area contributed by atoms with E-state index >= 15 is 0 Å². The number of aromatic amines is 1. The second-order valence-corrected chi connectivity index (χ2v) is 5.81. The van der Waals surface area contributed by atoms with Crippen molar-refractivity contribution >= 4 is 16.6 Å². The summed E-state index contributed by atoms with van der Waals surface area (Å²) < 4.78 is 20.5. The molecule has 1 saturated heterocycles. The van der Waals surface area contributed by atoms with Crippen LogP contribution in [0.3, 0.4) is 0 Å². The molecule has 1 fully saturated rings. The molecular weight excluding hydrogens is 319 g/mol. The highest BCUT2D eigenvalue weighted by Crippen LogP contribution is 2.34.